The van der Waals surface area contributed by atoms with Gasteiger partial charge in [0, 0.05) is 25.8 Å². The van der Waals surface area contributed by atoms with Crippen LogP contribution in [0.1, 0.15) is 52.4 Å². The molecule has 1 saturated heterocycles. The highest BCUT2D eigenvalue weighted by molar-refractivity contribution is 4.77. The minimum Gasteiger partial charge on any atom is -0.389 e. The van der Waals surface area contributed by atoms with Gasteiger partial charge in [0.1, 0.15) is 0 Å². The van der Waals surface area contributed by atoms with E-state index in [0.717, 1.165) is 32.5 Å². The third-order valence-electron chi connectivity index (χ3n) is 5.18. The molecule has 1 heterocycles. The van der Waals surface area contributed by atoms with Crippen LogP contribution in [0.3, 0.4) is 0 Å². The van der Waals surface area contributed by atoms with Gasteiger partial charge < -0.3 is 19.9 Å². The van der Waals surface area contributed by atoms with Gasteiger partial charge >= 0.3 is 0 Å². The van der Waals surface area contributed by atoms with E-state index in [1.54, 1.807) is 0 Å². The summed E-state index contributed by atoms with van der Waals surface area (Å²) in [5.41, 5.74) is 0. The molecule has 0 spiro atoms. The molecule has 4 unspecified atom stereocenters. The van der Waals surface area contributed by atoms with Crippen molar-refractivity contribution in [2.75, 3.05) is 26.4 Å². The normalized spacial score (nSPS) is 31.0. The van der Waals surface area contributed by atoms with Gasteiger partial charge in [-0.25, -0.2) is 0 Å². The first-order chi connectivity index (χ1) is 10.2. The van der Waals surface area contributed by atoms with Gasteiger partial charge in [-0.05, 0) is 44.4 Å². The zero-order valence-electron chi connectivity index (χ0n) is 13.7. The quantitative estimate of drug-likeness (QED) is 0.757. The number of aliphatic hydroxyl groups excluding tert-OH is 1. The number of ether oxygens (including phenoxy) is 2. The molecule has 0 radical (unpaired) electrons. The summed E-state index contributed by atoms with van der Waals surface area (Å²) in [7, 11) is 0. The number of hydrogen-bond acceptors (Lipinski definition) is 4. The molecule has 2 aliphatic rings. The maximum Gasteiger partial charge on any atom is 0.0897 e. The summed E-state index contributed by atoms with van der Waals surface area (Å²) >= 11 is 0. The van der Waals surface area contributed by atoms with Crippen LogP contribution in [-0.4, -0.2) is 49.7 Å². The van der Waals surface area contributed by atoms with E-state index in [1.807, 2.05) is 0 Å². The first-order valence-corrected chi connectivity index (χ1v) is 8.77. The van der Waals surface area contributed by atoms with Gasteiger partial charge in [0.15, 0.2) is 0 Å². The fourth-order valence-electron chi connectivity index (χ4n) is 3.53. The van der Waals surface area contributed by atoms with Crippen LogP contribution in [0.2, 0.25) is 0 Å². The van der Waals surface area contributed by atoms with Crippen molar-refractivity contribution in [3.05, 3.63) is 0 Å². The van der Waals surface area contributed by atoms with Crippen molar-refractivity contribution in [3.8, 4) is 0 Å². The molecular weight excluding hydrogens is 266 g/mol. The van der Waals surface area contributed by atoms with Gasteiger partial charge in [-0.15, -0.1) is 0 Å². The second kappa shape index (κ2) is 9.09. The lowest BCUT2D eigenvalue weighted by atomic mass is 9.88. The Labute approximate surface area is 129 Å². The lowest BCUT2D eigenvalue weighted by Gasteiger charge is -2.31. The lowest BCUT2D eigenvalue weighted by molar-refractivity contribution is -0.0462. The molecule has 0 aromatic rings. The van der Waals surface area contributed by atoms with Crippen molar-refractivity contribution in [2.24, 2.45) is 11.8 Å². The van der Waals surface area contributed by atoms with Crippen LogP contribution in [-0.2, 0) is 9.47 Å². The molecule has 1 saturated carbocycles. The molecule has 0 aromatic heterocycles. The molecule has 2 rings (SSSR count). The minimum atomic E-state index is -0.401. The zero-order chi connectivity index (χ0) is 15.1. The van der Waals surface area contributed by atoms with E-state index in [4.69, 9.17) is 9.47 Å². The molecule has 4 nitrogen and oxygen atoms in total. The average Bonchev–Trinajstić information content (AvgIpc) is 2.52. The second-order valence-corrected chi connectivity index (χ2v) is 6.93. The summed E-state index contributed by atoms with van der Waals surface area (Å²) in [6, 6.07) is 0.442. The van der Waals surface area contributed by atoms with Gasteiger partial charge in [0.25, 0.3) is 0 Å². The molecule has 0 amide bonds. The van der Waals surface area contributed by atoms with E-state index in [0.29, 0.717) is 37.1 Å². The third-order valence-corrected chi connectivity index (χ3v) is 5.18. The van der Waals surface area contributed by atoms with Gasteiger partial charge in [-0.2, -0.15) is 0 Å². The lowest BCUT2D eigenvalue weighted by Crippen LogP contribution is -2.42. The van der Waals surface area contributed by atoms with Crippen LogP contribution in [0.15, 0.2) is 0 Å². The number of rotatable bonds is 7. The summed E-state index contributed by atoms with van der Waals surface area (Å²) in [6.45, 7) is 7.32. The summed E-state index contributed by atoms with van der Waals surface area (Å²) < 4.78 is 11.3. The van der Waals surface area contributed by atoms with Crippen molar-refractivity contribution in [1.82, 2.24) is 5.32 Å². The summed E-state index contributed by atoms with van der Waals surface area (Å²) in [4.78, 5) is 0. The highest BCUT2D eigenvalue weighted by Crippen LogP contribution is 2.26. The molecule has 4 heteroatoms. The Morgan fingerprint density at radius 3 is 2.62 bits per heavy atom. The molecule has 0 bridgehead atoms. The zero-order valence-corrected chi connectivity index (χ0v) is 13.7. The summed E-state index contributed by atoms with van der Waals surface area (Å²) in [6.07, 6.45) is 7.21. The Bertz CT molecular complexity index is 281. The van der Waals surface area contributed by atoms with E-state index in [1.165, 1.54) is 19.3 Å². The highest BCUT2D eigenvalue weighted by Gasteiger charge is 2.23. The largest absolute Gasteiger partial charge is 0.389 e. The van der Waals surface area contributed by atoms with E-state index in [2.05, 4.69) is 19.2 Å². The maximum atomic E-state index is 10.1. The van der Waals surface area contributed by atoms with Crippen LogP contribution in [0, 0.1) is 11.8 Å². The summed E-state index contributed by atoms with van der Waals surface area (Å²) in [5.74, 6) is 1.31. The Morgan fingerprint density at radius 1 is 1.19 bits per heavy atom. The Hall–Kier alpha value is -0.160. The molecule has 2 fully saturated rings. The highest BCUT2D eigenvalue weighted by atomic mass is 16.5. The van der Waals surface area contributed by atoms with Gasteiger partial charge in [-0.1, -0.05) is 19.8 Å². The summed E-state index contributed by atoms with van der Waals surface area (Å²) in [5, 5.41) is 13.6. The van der Waals surface area contributed by atoms with Crippen molar-refractivity contribution in [2.45, 2.75) is 70.6 Å². The number of nitrogens with one attached hydrogen (secondary N) is 1. The maximum absolute atomic E-state index is 10.1. The Balaban J connectivity index is 1.59. The molecular formula is C17H33NO3. The molecule has 1 aliphatic heterocycles. The third kappa shape index (κ3) is 5.85. The van der Waals surface area contributed by atoms with Crippen LogP contribution in [0.25, 0.3) is 0 Å². The van der Waals surface area contributed by atoms with E-state index in [-0.39, 0.29) is 0 Å². The average molecular weight is 299 g/mol. The van der Waals surface area contributed by atoms with Crippen LogP contribution < -0.4 is 5.32 Å². The Kier molecular flexibility index (Phi) is 7.44. The molecule has 124 valence electrons. The smallest absolute Gasteiger partial charge is 0.0897 e. The fraction of sp³-hybridized carbons (Fsp3) is 1.00. The van der Waals surface area contributed by atoms with Gasteiger partial charge in [0.2, 0.25) is 0 Å². The van der Waals surface area contributed by atoms with E-state index >= 15 is 0 Å². The number of hydrogen-bond donors (Lipinski definition) is 2. The molecule has 2 N–H and O–H groups in total. The predicted molar refractivity (Wildman–Crippen MR) is 84.4 cm³/mol. The van der Waals surface area contributed by atoms with E-state index < -0.39 is 6.10 Å². The Morgan fingerprint density at radius 2 is 1.90 bits per heavy atom. The fourth-order valence-corrected chi connectivity index (χ4v) is 3.53. The van der Waals surface area contributed by atoms with E-state index in [9.17, 15) is 5.11 Å². The van der Waals surface area contributed by atoms with Gasteiger partial charge in [0.05, 0.1) is 18.8 Å². The van der Waals surface area contributed by atoms with Crippen molar-refractivity contribution >= 4 is 0 Å². The molecule has 1 aliphatic carbocycles. The van der Waals surface area contributed by atoms with Crippen molar-refractivity contribution in [3.63, 3.8) is 0 Å². The predicted octanol–water partition coefficient (Wildman–Crippen LogP) is 2.35. The first kappa shape index (κ1) is 17.2. The topological polar surface area (TPSA) is 50.7 Å². The SMILES string of the molecule is CC1CCCCC1OCC(O)CNC(C)C1CCOCC1. The second-order valence-electron chi connectivity index (χ2n) is 6.93. The standard InChI is InChI=1S/C17H33NO3/c1-13-5-3-4-6-17(13)21-12-16(19)11-18-14(2)15-7-9-20-10-8-15/h13-19H,3-12H2,1-2H3. The molecule has 21 heavy (non-hydrogen) atoms. The molecule has 0 aromatic carbocycles. The van der Waals surface area contributed by atoms with Gasteiger partial charge in [-0.3, -0.25) is 0 Å². The molecule has 4 atom stereocenters. The van der Waals surface area contributed by atoms with Crippen molar-refractivity contribution in [1.29, 1.82) is 0 Å². The van der Waals surface area contributed by atoms with Crippen LogP contribution in [0.5, 0.6) is 0 Å². The minimum absolute atomic E-state index is 0.348. The van der Waals surface area contributed by atoms with Crippen LogP contribution >= 0.6 is 0 Å². The number of aliphatic hydroxyl groups is 1. The first-order valence-electron chi connectivity index (χ1n) is 8.77. The monoisotopic (exact) mass is 299 g/mol. The van der Waals surface area contributed by atoms with Crippen LogP contribution in [0.4, 0.5) is 0 Å². The van der Waals surface area contributed by atoms with Crippen molar-refractivity contribution < 1.29 is 14.6 Å².